The van der Waals surface area contributed by atoms with Crippen LogP contribution in [0.25, 0.3) is 5.69 Å². The molecule has 1 aromatic heterocycles. The topological polar surface area (TPSA) is 58.9 Å². The van der Waals surface area contributed by atoms with Crippen LogP contribution in [0.4, 0.5) is 0 Å². The van der Waals surface area contributed by atoms with Gasteiger partial charge in [-0.25, -0.2) is 4.68 Å². The van der Waals surface area contributed by atoms with E-state index in [4.69, 9.17) is 0 Å². The molecular formula is C15H19BrN4O. The van der Waals surface area contributed by atoms with Gasteiger partial charge < -0.3 is 10.6 Å². The summed E-state index contributed by atoms with van der Waals surface area (Å²) in [4.78, 5) is 12.2. The average Bonchev–Trinajstić information content (AvgIpc) is 2.86. The van der Waals surface area contributed by atoms with Crippen LogP contribution in [0.15, 0.2) is 34.9 Å². The van der Waals surface area contributed by atoms with E-state index in [1.807, 2.05) is 45.2 Å². The van der Waals surface area contributed by atoms with Gasteiger partial charge in [0.2, 0.25) is 0 Å². The second-order valence-corrected chi connectivity index (χ2v) is 5.85. The van der Waals surface area contributed by atoms with Gasteiger partial charge in [-0.1, -0.05) is 22.0 Å². The van der Waals surface area contributed by atoms with E-state index in [9.17, 15) is 4.79 Å². The first-order valence-electron chi connectivity index (χ1n) is 6.79. The van der Waals surface area contributed by atoms with Gasteiger partial charge in [-0.15, -0.1) is 0 Å². The summed E-state index contributed by atoms with van der Waals surface area (Å²) in [5.41, 5.74) is 2.34. The number of halogens is 1. The summed E-state index contributed by atoms with van der Waals surface area (Å²) in [6.07, 6.45) is 1.61. The molecule has 1 amide bonds. The van der Waals surface area contributed by atoms with Crippen molar-refractivity contribution in [2.75, 3.05) is 13.6 Å². The maximum Gasteiger partial charge on any atom is 0.254 e. The van der Waals surface area contributed by atoms with Gasteiger partial charge in [-0.05, 0) is 39.1 Å². The number of rotatable bonds is 5. The van der Waals surface area contributed by atoms with E-state index in [0.29, 0.717) is 12.1 Å². The molecule has 1 aromatic carbocycles. The lowest BCUT2D eigenvalue weighted by Crippen LogP contribution is -2.37. The number of carbonyl (C=O) groups excluding carboxylic acids is 1. The van der Waals surface area contributed by atoms with E-state index in [0.717, 1.165) is 15.9 Å². The van der Waals surface area contributed by atoms with Gasteiger partial charge in [0.1, 0.15) is 0 Å². The van der Waals surface area contributed by atoms with E-state index >= 15 is 0 Å². The number of nitrogens with zero attached hydrogens (tertiary/aromatic N) is 2. The Morgan fingerprint density at radius 2 is 2.24 bits per heavy atom. The first-order valence-corrected chi connectivity index (χ1v) is 7.58. The van der Waals surface area contributed by atoms with Crippen LogP contribution in [0.1, 0.15) is 23.0 Å². The van der Waals surface area contributed by atoms with Crippen LogP contribution in [-0.4, -0.2) is 35.3 Å². The third-order valence-corrected chi connectivity index (χ3v) is 3.86. The number of hydrogen-bond donors (Lipinski definition) is 2. The van der Waals surface area contributed by atoms with Crippen molar-refractivity contribution in [1.29, 1.82) is 0 Å². The largest absolute Gasteiger partial charge is 0.350 e. The minimum atomic E-state index is -0.101. The monoisotopic (exact) mass is 350 g/mol. The second kappa shape index (κ2) is 6.87. The van der Waals surface area contributed by atoms with Gasteiger partial charge in [-0.3, -0.25) is 4.79 Å². The molecule has 0 aliphatic carbocycles. The van der Waals surface area contributed by atoms with E-state index in [1.165, 1.54) is 0 Å². The molecule has 0 aliphatic rings. The molecule has 0 saturated heterocycles. The maximum absolute atomic E-state index is 12.2. The SMILES string of the molecule is CNC(C)CNC(=O)c1cnn(-c2cccc(Br)c2)c1C. The third kappa shape index (κ3) is 3.71. The number of amides is 1. The normalized spacial score (nSPS) is 12.2. The van der Waals surface area contributed by atoms with Crippen LogP contribution >= 0.6 is 15.9 Å². The maximum atomic E-state index is 12.2. The van der Waals surface area contributed by atoms with Gasteiger partial charge in [0.05, 0.1) is 23.1 Å². The molecule has 0 bridgehead atoms. The molecule has 1 atom stereocenters. The van der Waals surface area contributed by atoms with Crippen molar-refractivity contribution in [2.45, 2.75) is 19.9 Å². The predicted molar refractivity (Wildman–Crippen MR) is 86.9 cm³/mol. The summed E-state index contributed by atoms with van der Waals surface area (Å²) < 4.78 is 2.74. The highest BCUT2D eigenvalue weighted by Crippen LogP contribution is 2.18. The molecule has 2 aromatic rings. The van der Waals surface area contributed by atoms with E-state index in [1.54, 1.807) is 10.9 Å². The van der Waals surface area contributed by atoms with Gasteiger partial charge in [0.25, 0.3) is 5.91 Å². The summed E-state index contributed by atoms with van der Waals surface area (Å²) in [5, 5.41) is 10.3. The van der Waals surface area contributed by atoms with Crippen LogP contribution in [-0.2, 0) is 0 Å². The Morgan fingerprint density at radius 3 is 2.90 bits per heavy atom. The molecule has 2 rings (SSSR count). The summed E-state index contributed by atoms with van der Waals surface area (Å²) in [5.74, 6) is -0.101. The van der Waals surface area contributed by atoms with Crippen LogP contribution in [0, 0.1) is 6.92 Å². The fourth-order valence-corrected chi connectivity index (χ4v) is 2.33. The highest BCUT2D eigenvalue weighted by molar-refractivity contribution is 9.10. The number of nitrogens with one attached hydrogen (secondary N) is 2. The molecule has 1 heterocycles. The van der Waals surface area contributed by atoms with Crippen molar-refractivity contribution in [1.82, 2.24) is 20.4 Å². The van der Waals surface area contributed by atoms with E-state index in [2.05, 4.69) is 31.7 Å². The Morgan fingerprint density at radius 1 is 1.48 bits per heavy atom. The molecule has 0 spiro atoms. The summed E-state index contributed by atoms with van der Waals surface area (Å²) in [7, 11) is 1.87. The Hall–Kier alpha value is -1.66. The van der Waals surface area contributed by atoms with E-state index < -0.39 is 0 Å². The number of benzene rings is 1. The zero-order valence-corrected chi connectivity index (χ0v) is 13.9. The third-order valence-electron chi connectivity index (χ3n) is 3.37. The van der Waals surface area contributed by atoms with Gasteiger partial charge in [0.15, 0.2) is 0 Å². The van der Waals surface area contributed by atoms with Crippen LogP contribution in [0.5, 0.6) is 0 Å². The van der Waals surface area contributed by atoms with Crippen LogP contribution in [0.3, 0.4) is 0 Å². The fourth-order valence-electron chi connectivity index (χ4n) is 1.94. The zero-order valence-electron chi connectivity index (χ0n) is 12.4. The van der Waals surface area contributed by atoms with Crippen molar-refractivity contribution >= 4 is 21.8 Å². The molecule has 0 saturated carbocycles. The van der Waals surface area contributed by atoms with Crippen molar-refractivity contribution in [3.63, 3.8) is 0 Å². The minimum Gasteiger partial charge on any atom is -0.350 e. The molecule has 1 unspecified atom stereocenters. The molecule has 21 heavy (non-hydrogen) atoms. The highest BCUT2D eigenvalue weighted by Gasteiger charge is 2.15. The molecule has 112 valence electrons. The summed E-state index contributed by atoms with van der Waals surface area (Å²) in [6, 6.07) is 8.04. The standard InChI is InChI=1S/C15H19BrN4O/c1-10(17-3)8-18-15(21)14-9-19-20(11(14)2)13-6-4-5-12(16)7-13/h4-7,9-10,17H,8H2,1-3H3,(H,18,21). The molecule has 5 nitrogen and oxygen atoms in total. The summed E-state index contributed by atoms with van der Waals surface area (Å²) in [6.45, 7) is 4.49. The lowest BCUT2D eigenvalue weighted by atomic mass is 10.2. The zero-order chi connectivity index (χ0) is 15.4. The smallest absolute Gasteiger partial charge is 0.254 e. The Kier molecular flexibility index (Phi) is 5.14. The molecule has 0 radical (unpaired) electrons. The van der Waals surface area contributed by atoms with Crippen molar-refractivity contribution in [3.8, 4) is 5.69 Å². The molecule has 6 heteroatoms. The molecular weight excluding hydrogens is 332 g/mol. The molecule has 2 N–H and O–H groups in total. The minimum absolute atomic E-state index is 0.101. The number of hydrogen-bond acceptors (Lipinski definition) is 3. The van der Waals surface area contributed by atoms with E-state index in [-0.39, 0.29) is 11.9 Å². The first kappa shape index (κ1) is 15.7. The van der Waals surface area contributed by atoms with Gasteiger partial charge in [-0.2, -0.15) is 5.10 Å². The van der Waals surface area contributed by atoms with Crippen LogP contribution < -0.4 is 10.6 Å². The Balaban J connectivity index is 2.19. The predicted octanol–water partition coefficient (Wildman–Crippen LogP) is 2.28. The number of aromatic nitrogens is 2. The number of carbonyl (C=O) groups is 1. The second-order valence-electron chi connectivity index (χ2n) is 4.94. The van der Waals surface area contributed by atoms with Crippen molar-refractivity contribution in [2.24, 2.45) is 0 Å². The highest BCUT2D eigenvalue weighted by atomic mass is 79.9. The van der Waals surface area contributed by atoms with Crippen molar-refractivity contribution < 1.29 is 4.79 Å². The van der Waals surface area contributed by atoms with Crippen LogP contribution in [0.2, 0.25) is 0 Å². The molecule has 0 fully saturated rings. The average molecular weight is 351 g/mol. The lowest BCUT2D eigenvalue weighted by Gasteiger charge is -2.11. The van der Waals surface area contributed by atoms with Crippen molar-refractivity contribution in [3.05, 3.63) is 46.2 Å². The summed E-state index contributed by atoms with van der Waals surface area (Å²) >= 11 is 3.44. The quantitative estimate of drug-likeness (QED) is 0.869. The molecule has 0 aliphatic heterocycles. The van der Waals surface area contributed by atoms with Gasteiger partial charge >= 0.3 is 0 Å². The lowest BCUT2D eigenvalue weighted by molar-refractivity contribution is 0.0950. The first-order chi connectivity index (χ1) is 10.0. The fraction of sp³-hybridized carbons (Fsp3) is 0.333. The van der Waals surface area contributed by atoms with Gasteiger partial charge in [0, 0.05) is 17.1 Å². The number of likely N-dealkylation sites (N-methyl/N-ethyl adjacent to an activating group) is 1. The Bertz CT molecular complexity index is 638. The Labute approximate surface area is 132 Å².